The second kappa shape index (κ2) is 9.28. The Bertz CT molecular complexity index is 1160. The SMILES string of the molecule is Cc1c(Cl)cccc1N1CC(C(=O)Nc2ccccc2C(=O)NCc2ccco2)CC1=O. The van der Waals surface area contributed by atoms with Crippen LogP contribution in [0.15, 0.2) is 65.3 Å². The van der Waals surface area contributed by atoms with Gasteiger partial charge >= 0.3 is 0 Å². The zero-order valence-electron chi connectivity index (χ0n) is 17.4. The summed E-state index contributed by atoms with van der Waals surface area (Å²) in [4.78, 5) is 39.8. The molecule has 0 saturated carbocycles. The first kappa shape index (κ1) is 21.6. The van der Waals surface area contributed by atoms with Crippen molar-refractivity contribution < 1.29 is 18.8 Å². The van der Waals surface area contributed by atoms with Crippen LogP contribution in [0.2, 0.25) is 5.02 Å². The van der Waals surface area contributed by atoms with E-state index in [9.17, 15) is 14.4 Å². The van der Waals surface area contributed by atoms with Crippen LogP contribution in [-0.2, 0) is 16.1 Å². The summed E-state index contributed by atoms with van der Waals surface area (Å²) in [6, 6.07) is 15.6. The average molecular weight is 452 g/mol. The van der Waals surface area contributed by atoms with Crippen molar-refractivity contribution in [2.75, 3.05) is 16.8 Å². The van der Waals surface area contributed by atoms with E-state index >= 15 is 0 Å². The maximum atomic E-state index is 12.9. The highest BCUT2D eigenvalue weighted by Crippen LogP contribution is 2.32. The minimum atomic E-state index is -0.542. The zero-order valence-corrected chi connectivity index (χ0v) is 18.2. The minimum absolute atomic E-state index is 0.0879. The summed E-state index contributed by atoms with van der Waals surface area (Å²) in [7, 11) is 0. The van der Waals surface area contributed by atoms with Gasteiger partial charge in [-0.2, -0.15) is 0 Å². The Hall–Kier alpha value is -3.58. The first-order valence-electron chi connectivity index (χ1n) is 10.2. The summed E-state index contributed by atoms with van der Waals surface area (Å²) in [5.74, 6) is -0.705. The lowest BCUT2D eigenvalue weighted by Gasteiger charge is -2.20. The largest absolute Gasteiger partial charge is 0.467 e. The molecule has 0 aliphatic carbocycles. The van der Waals surface area contributed by atoms with Gasteiger partial charge in [0.1, 0.15) is 5.76 Å². The Balaban J connectivity index is 1.45. The summed E-state index contributed by atoms with van der Waals surface area (Å²) in [6.07, 6.45) is 1.62. The molecule has 1 fully saturated rings. The van der Waals surface area contributed by atoms with Crippen LogP contribution in [0.25, 0.3) is 0 Å². The molecule has 3 aromatic rings. The first-order valence-corrected chi connectivity index (χ1v) is 10.6. The number of amides is 3. The van der Waals surface area contributed by atoms with Gasteiger partial charge in [-0.15, -0.1) is 0 Å². The Morgan fingerprint density at radius 2 is 1.94 bits per heavy atom. The van der Waals surface area contributed by atoms with E-state index in [4.69, 9.17) is 16.0 Å². The van der Waals surface area contributed by atoms with Crippen molar-refractivity contribution in [2.24, 2.45) is 5.92 Å². The van der Waals surface area contributed by atoms with E-state index in [2.05, 4.69) is 10.6 Å². The molecule has 0 spiro atoms. The number of benzene rings is 2. The number of nitrogens with one attached hydrogen (secondary N) is 2. The molecule has 2 N–H and O–H groups in total. The molecule has 32 heavy (non-hydrogen) atoms. The number of carbonyl (C=O) groups excluding carboxylic acids is 3. The van der Waals surface area contributed by atoms with E-state index in [1.54, 1.807) is 53.4 Å². The molecule has 8 heteroatoms. The van der Waals surface area contributed by atoms with E-state index in [0.717, 1.165) is 5.56 Å². The third kappa shape index (κ3) is 4.53. The monoisotopic (exact) mass is 451 g/mol. The topological polar surface area (TPSA) is 91.7 Å². The molecule has 1 saturated heterocycles. The van der Waals surface area contributed by atoms with E-state index in [1.165, 1.54) is 6.26 Å². The van der Waals surface area contributed by atoms with Crippen molar-refractivity contribution >= 4 is 40.7 Å². The van der Waals surface area contributed by atoms with Crippen LogP contribution in [0.4, 0.5) is 11.4 Å². The van der Waals surface area contributed by atoms with Gasteiger partial charge in [-0.05, 0) is 48.9 Å². The standard InChI is InChI=1S/C24H22ClN3O4/c1-15-19(25)8-4-10-21(15)28-14-16(12-22(28)29)23(30)27-20-9-3-2-7-18(20)24(31)26-13-17-6-5-11-32-17/h2-11,16H,12-14H2,1H3,(H,26,31)(H,27,30). The molecule has 1 atom stereocenters. The van der Waals surface area contributed by atoms with Crippen molar-refractivity contribution in [1.29, 1.82) is 0 Å². The molecule has 164 valence electrons. The Labute approximate surface area is 190 Å². The normalized spacial score (nSPS) is 15.6. The van der Waals surface area contributed by atoms with Crippen molar-refractivity contribution in [1.82, 2.24) is 5.32 Å². The molecule has 2 aromatic carbocycles. The zero-order chi connectivity index (χ0) is 22.7. The maximum Gasteiger partial charge on any atom is 0.253 e. The average Bonchev–Trinajstić information content (AvgIpc) is 3.44. The number of para-hydroxylation sites is 1. The smallest absolute Gasteiger partial charge is 0.253 e. The molecule has 1 aromatic heterocycles. The van der Waals surface area contributed by atoms with E-state index < -0.39 is 5.92 Å². The molecule has 1 aliphatic heterocycles. The number of nitrogens with zero attached hydrogens (tertiary/aromatic N) is 1. The molecular formula is C24H22ClN3O4. The van der Waals surface area contributed by atoms with Crippen LogP contribution in [-0.4, -0.2) is 24.3 Å². The molecule has 1 aliphatic rings. The molecule has 0 bridgehead atoms. The van der Waals surface area contributed by atoms with E-state index in [-0.39, 0.29) is 37.2 Å². The van der Waals surface area contributed by atoms with Crippen molar-refractivity contribution in [3.63, 3.8) is 0 Å². The third-order valence-corrected chi connectivity index (χ3v) is 5.87. The second-order valence-corrected chi connectivity index (χ2v) is 7.99. The van der Waals surface area contributed by atoms with Gasteiger partial charge in [0.2, 0.25) is 11.8 Å². The van der Waals surface area contributed by atoms with Crippen LogP contribution >= 0.6 is 11.6 Å². The summed E-state index contributed by atoms with van der Waals surface area (Å²) in [6.45, 7) is 2.33. The molecule has 4 rings (SSSR count). The van der Waals surface area contributed by atoms with Gasteiger partial charge in [-0.25, -0.2) is 0 Å². The number of hydrogen-bond donors (Lipinski definition) is 2. The van der Waals surface area contributed by atoms with Gasteiger partial charge < -0.3 is 20.0 Å². The molecule has 1 unspecified atom stereocenters. The number of anilines is 2. The highest BCUT2D eigenvalue weighted by molar-refractivity contribution is 6.31. The highest BCUT2D eigenvalue weighted by Gasteiger charge is 2.36. The van der Waals surface area contributed by atoms with Crippen molar-refractivity contribution in [3.05, 3.63) is 82.8 Å². The molecule has 2 heterocycles. The van der Waals surface area contributed by atoms with Crippen molar-refractivity contribution in [3.8, 4) is 0 Å². The molecule has 0 radical (unpaired) electrons. The van der Waals surface area contributed by atoms with Crippen molar-refractivity contribution in [2.45, 2.75) is 19.9 Å². The minimum Gasteiger partial charge on any atom is -0.467 e. The van der Waals surface area contributed by atoms with Crippen LogP contribution in [0.5, 0.6) is 0 Å². The number of rotatable bonds is 6. The number of furan rings is 1. The number of hydrogen-bond acceptors (Lipinski definition) is 4. The van der Waals surface area contributed by atoms with Gasteiger partial charge in [0.25, 0.3) is 5.91 Å². The fourth-order valence-electron chi connectivity index (χ4n) is 3.71. The fourth-order valence-corrected chi connectivity index (χ4v) is 3.87. The van der Waals surface area contributed by atoms with Crippen LogP contribution in [0, 0.1) is 12.8 Å². The Morgan fingerprint density at radius 3 is 2.72 bits per heavy atom. The predicted octanol–water partition coefficient (Wildman–Crippen LogP) is 4.16. The van der Waals surface area contributed by atoms with Crippen LogP contribution in [0.3, 0.4) is 0 Å². The molecular weight excluding hydrogens is 430 g/mol. The highest BCUT2D eigenvalue weighted by atomic mass is 35.5. The number of halogens is 1. The Morgan fingerprint density at radius 1 is 1.12 bits per heavy atom. The van der Waals surface area contributed by atoms with Crippen LogP contribution < -0.4 is 15.5 Å². The Kier molecular flexibility index (Phi) is 6.28. The fraction of sp³-hybridized carbons (Fsp3) is 0.208. The maximum absolute atomic E-state index is 12.9. The van der Waals surface area contributed by atoms with E-state index in [0.29, 0.717) is 27.7 Å². The van der Waals surface area contributed by atoms with Gasteiger partial charge in [0.15, 0.2) is 0 Å². The lowest BCUT2D eigenvalue weighted by atomic mass is 10.1. The van der Waals surface area contributed by atoms with Gasteiger partial charge in [0.05, 0.1) is 30.0 Å². The molecule has 3 amide bonds. The summed E-state index contributed by atoms with van der Waals surface area (Å²) in [5.41, 5.74) is 2.22. The predicted molar refractivity (Wildman–Crippen MR) is 122 cm³/mol. The lowest BCUT2D eigenvalue weighted by molar-refractivity contribution is -0.122. The molecule has 7 nitrogen and oxygen atoms in total. The van der Waals surface area contributed by atoms with Crippen LogP contribution in [0.1, 0.15) is 28.1 Å². The van der Waals surface area contributed by atoms with E-state index in [1.807, 2.05) is 13.0 Å². The third-order valence-electron chi connectivity index (χ3n) is 5.46. The summed E-state index contributed by atoms with van der Waals surface area (Å²) < 4.78 is 5.23. The van der Waals surface area contributed by atoms with Gasteiger partial charge in [-0.1, -0.05) is 29.8 Å². The quantitative estimate of drug-likeness (QED) is 0.588. The van der Waals surface area contributed by atoms with Gasteiger partial charge in [0, 0.05) is 23.7 Å². The number of carbonyl (C=O) groups is 3. The van der Waals surface area contributed by atoms with Gasteiger partial charge in [-0.3, -0.25) is 14.4 Å². The first-order chi connectivity index (χ1) is 15.4. The second-order valence-electron chi connectivity index (χ2n) is 7.59. The summed E-state index contributed by atoms with van der Waals surface area (Å²) >= 11 is 6.19. The lowest BCUT2D eigenvalue weighted by Crippen LogP contribution is -2.29. The summed E-state index contributed by atoms with van der Waals surface area (Å²) in [5, 5.41) is 6.16.